The first-order valence-electron chi connectivity index (χ1n) is 11.3. The van der Waals surface area contributed by atoms with Gasteiger partial charge in [-0.25, -0.2) is 4.98 Å². The average Bonchev–Trinajstić information content (AvgIpc) is 3.58. The highest BCUT2D eigenvalue weighted by Gasteiger charge is 2.23. The van der Waals surface area contributed by atoms with Crippen molar-refractivity contribution in [1.29, 1.82) is 5.26 Å². The van der Waals surface area contributed by atoms with Crippen molar-refractivity contribution in [3.05, 3.63) is 76.0 Å². The van der Waals surface area contributed by atoms with Crippen LogP contribution >= 0.6 is 23.7 Å². The predicted molar refractivity (Wildman–Crippen MR) is 146 cm³/mol. The van der Waals surface area contributed by atoms with Gasteiger partial charge in [-0.3, -0.25) is 9.89 Å². The zero-order valence-electron chi connectivity index (χ0n) is 19.1. The third-order valence-electron chi connectivity index (χ3n) is 6.27. The highest BCUT2D eigenvalue weighted by molar-refractivity contribution is 7.13. The number of pyridine rings is 2. The quantitative estimate of drug-likeness (QED) is 0.326. The third kappa shape index (κ3) is 4.16. The second kappa shape index (κ2) is 9.95. The van der Waals surface area contributed by atoms with Gasteiger partial charge in [0.05, 0.1) is 27.2 Å². The van der Waals surface area contributed by atoms with Gasteiger partial charge in [0.15, 0.2) is 5.65 Å². The summed E-state index contributed by atoms with van der Waals surface area (Å²) in [5.41, 5.74) is 5.33. The molecule has 5 aromatic rings. The van der Waals surface area contributed by atoms with Crippen LogP contribution in [0.3, 0.4) is 0 Å². The Morgan fingerprint density at radius 1 is 1.06 bits per heavy atom. The van der Waals surface area contributed by atoms with Gasteiger partial charge in [0.2, 0.25) is 5.56 Å². The van der Waals surface area contributed by atoms with Gasteiger partial charge in [-0.05, 0) is 35.2 Å². The average molecular weight is 516 g/mol. The number of thiophene rings is 1. The van der Waals surface area contributed by atoms with Crippen LogP contribution in [-0.4, -0.2) is 46.3 Å². The number of anilines is 1. The molecule has 36 heavy (non-hydrogen) atoms. The summed E-state index contributed by atoms with van der Waals surface area (Å²) in [6, 6.07) is 17.9. The number of H-pyrrole nitrogens is 2. The third-order valence-corrected chi connectivity index (χ3v) is 7.16. The van der Waals surface area contributed by atoms with Crippen LogP contribution in [0.25, 0.3) is 44.0 Å². The molecule has 0 spiro atoms. The molecule has 0 bridgehead atoms. The van der Waals surface area contributed by atoms with Crippen molar-refractivity contribution >= 4 is 40.5 Å². The molecule has 1 saturated heterocycles. The van der Waals surface area contributed by atoms with Crippen molar-refractivity contribution in [3.8, 4) is 39.0 Å². The minimum Gasteiger partial charge on any atom is -0.369 e. The lowest BCUT2D eigenvalue weighted by molar-refractivity contribution is 0.589. The second-order valence-corrected chi connectivity index (χ2v) is 9.27. The van der Waals surface area contributed by atoms with E-state index in [-0.39, 0.29) is 18.0 Å². The summed E-state index contributed by atoms with van der Waals surface area (Å²) in [4.78, 5) is 22.8. The normalized spacial score (nSPS) is 13.4. The fraction of sp³-hybridized carbons (Fsp3) is 0.154. The summed E-state index contributed by atoms with van der Waals surface area (Å²) in [5.74, 6) is 0. The smallest absolute Gasteiger partial charge is 0.248 e. The molecule has 180 valence electrons. The first kappa shape index (κ1) is 23.8. The molecule has 10 heteroatoms. The van der Waals surface area contributed by atoms with Gasteiger partial charge in [-0.2, -0.15) is 10.4 Å². The van der Waals surface area contributed by atoms with Crippen LogP contribution in [0.15, 0.2) is 64.9 Å². The summed E-state index contributed by atoms with van der Waals surface area (Å²) < 4.78 is 0. The molecule has 1 fully saturated rings. The van der Waals surface area contributed by atoms with E-state index in [1.54, 1.807) is 23.6 Å². The van der Waals surface area contributed by atoms with Crippen LogP contribution in [0.2, 0.25) is 0 Å². The summed E-state index contributed by atoms with van der Waals surface area (Å²) >= 11 is 1.60. The van der Waals surface area contributed by atoms with Crippen LogP contribution in [-0.2, 0) is 0 Å². The number of piperazine rings is 1. The van der Waals surface area contributed by atoms with Crippen LogP contribution in [0.5, 0.6) is 0 Å². The van der Waals surface area contributed by atoms with Crippen molar-refractivity contribution in [2.75, 3.05) is 31.1 Å². The lowest BCUT2D eigenvalue weighted by Crippen LogP contribution is -2.43. The summed E-state index contributed by atoms with van der Waals surface area (Å²) in [6.07, 6.45) is 1.56. The standard InChI is InChI=1S/C26H21N7OS.ClH/c27-15-19-22(16-3-5-18(6-4-16)33-11-9-28-10-12-33)23-25(20-2-1-13-35-20)31-32-26(23)30-24(19)17-7-8-29-21(34)14-17;/h1-8,13-14,28H,9-12H2,(H,29,34)(H,30,31,32);1H. The molecule has 6 rings (SSSR count). The molecule has 0 saturated carbocycles. The number of halogens is 1. The SMILES string of the molecule is Cl.N#Cc1c(-c2cc[nH]c(=O)c2)nc2n[nH]c(-c3cccs3)c2c1-c1ccc(N2CCNCC2)cc1. The fourth-order valence-electron chi connectivity index (χ4n) is 4.61. The van der Waals surface area contributed by atoms with Crippen molar-refractivity contribution in [1.82, 2.24) is 25.5 Å². The largest absolute Gasteiger partial charge is 0.369 e. The minimum absolute atomic E-state index is 0. The van der Waals surface area contributed by atoms with E-state index in [1.165, 1.54) is 6.07 Å². The van der Waals surface area contributed by atoms with E-state index >= 15 is 0 Å². The number of aromatic nitrogens is 4. The lowest BCUT2D eigenvalue weighted by atomic mass is 9.93. The Bertz CT molecular complexity index is 1610. The molecule has 0 aliphatic carbocycles. The van der Waals surface area contributed by atoms with Crippen molar-refractivity contribution < 1.29 is 0 Å². The molecule has 0 amide bonds. The van der Waals surface area contributed by atoms with Crippen LogP contribution in [0, 0.1) is 11.3 Å². The van der Waals surface area contributed by atoms with E-state index in [0.29, 0.717) is 22.5 Å². The Kier molecular flexibility index (Phi) is 6.57. The van der Waals surface area contributed by atoms with Crippen molar-refractivity contribution in [2.24, 2.45) is 0 Å². The van der Waals surface area contributed by atoms with Crippen molar-refractivity contribution in [3.63, 3.8) is 0 Å². The van der Waals surface area contributed by atoms with Gasteiger partial charge in [-0.1, -0.05) is 18.2 Å². The second-order valence-electron chi connectivity index (χ2n) is 8.32. The summed E-state index contributed by atoms with van der Waals surface area (Å²) in [5, 5.41) is 24.2. The number of hydrogen-bond acceptors (Lipinski definition) is 7. The highest BCUT2D eigenvalue weighted by Crippen LogP contribution is 2.41. The molecule has 1 aromatic carbocycles. The Morgan fingerprint density at radius 2 is 1.86 bits per heavy atom. The number of nitrogens with one attached hydrogen (secondary N) is 3. The summed E-state index contributed by atoms with van der Waals surface area (Å²) in [6.45, 7) is 3.84. The number of hydrogen-bond donors (Lipinski definition) is 3. The first-order valence-corrected chi connectivity index (χ1v) is 12.2. The number of benzene rings is 1. The molecule has 1 aliphatic rings. The van der Waals surface area contributed by atoms with Gasteiger partial charge >= 0.3 is 0 Å². The Hall–Kier alpha value is -3.97. The monoisotopic (exact) mass is 515 g/mol. The van der Waals surface area contributed by atoms with Crippen molar-refractivity contribution in [2.45, 2.75) is 0 Å². The van der Waals surface area contributed by atoms with E-state index in [9.17, 15) is 10.1 Å². The molecule has 8 nitrogen and oxygen atoms in total. The zero-order chi connectivity index (χ0) is 23.8. The van der Waals surface area contributed by atoms with E-state index in [4.69, 9.17) is 4.98 Å². The Balaban J connectivity index is 0.00000267. The van der Waals surface area contributed by atoms with E-state index in [0.717, 1.165) is 59.0 Å². The van der Waals surface area contributed by atoms with Gasteiger partial charge in [0.25, 0.3) is 0 Å². The van der Waals surface area contributed by atoms with Crippen LogP contribution in [0.4, 0.5) is 5.69 Å². The maximum atomic E-state index is 12.0. The summed E-state index contributed by atoms with van der Waals surface area (Å²) in [7, 11) is 0. The number of fused-ring (bicyclic) bond motifs is 1. The van der Waals surface area contributed by atoms with E-state index in [1.807, 2.05) is 17.5 Å². The maximum Gasteiger partial charge on any atom is 0.248 e. The molecular weight excluding hydrogens is 494 g/mol. The molecule has 0 unspecified atom stereocenters. The number of rotatable bonds is 4. The first-order chi connectivity index (χ1) is 17.2. The zero-order valence-corrected chi connectivity index (χ0v) is 20.7. The molecule has 1 aliphatic heterocycles. The van der Waals surface area contributed by atoms with E-state index in [2.05, 4.69) is 55.7 Å². The topological polar surface area (TPSA) is 113 Å². The molecule has 3 N–H and O–H groups in total. The van der Waals surface area contributed by atoms with Gasteiger partial charge in [0, 0.05) is 55.3 Å². The lowest BCUT2D eigenvalue weighted by Gasteiger charge is -2.29. The van der Waals surface area contributed by atoms with Gasteiger partial charge < -0.3 is 15.2 Å². The van der Waals surface area contributed by atoms with Gasteiger partial charge in [-0.15, -0.1) is 23.7 Å². The molecule has 0 atom stereocenters. The number of aromatic amines is 2. The number of nitriles is 1. The van der Waals surface area contributed by atoms with Crippen LogP contribution in [0.1, 0.15) is 5.56 Å². The minimum atomic E-state index is -0.253. The maximum absolute atomic E-state index is 12.0. The molecule has 4 aromatic heterocycles. The molecule has 5 heterocycles. The molecule has 0 radical (unpaired) electrons. The Labute approximate surface area is 217 Å². The van der Waals surface area contributed by atoms with Gasteiger partial charge in [0.1, 0.15) is 6.07 Å². The predicted octanol–water partition coefficient (Wildman–Crippen LogP) is 4.41. The molecular formula is C26H22ClN7OS. The van der Waals surface area contributed by atoms with E-state index < -0.39 is 0 Å². The van der Waals surface area contributed by atoms with Crippen LogP contribution < -0.4 is 15.8 Å². The number of nitrogens with zero attached hydrogens (tertiary/aromatic N) is 4. The Morgan fingerprint density at radius 3 is 2.56 bits per heavy atom. The fourth-order valence-corrected chi connectivity index (χ4v) is 5.34. The highest BCUT2D eigenvalue weighted by atomic mass is 35.5.